The molecule has 2 aliphatic heterocycles. The molecule has 0 spiro atoms. The number of rotatable bonds is 3. The molecule has 33 heavy (non-hydrogen) atoms. The first-order chi connectivity index (χ1) is 15.0. The summed E-state index contributed by atoms with van der Waals surface area (Å²) in [5.74, 6) is -4.14. The molecule has 4 rings (SSSR count). The molecule has 178 valence electrons. The van der Waals surface area contributed by atoms with Gasteiger partial charge >= 0.3 is 18.1 Å². The first-order valence-electron chi connectivity index (χ1n) is 9.30. The topological polar surface area (TPSA) is 176 Å². The summed E-state index contributed by atoms with van der Waals surface area (Å²) >= 11 is 0. The number of halogens is 3. The second-order valence-electron chi connectivity index (χ2n) is 7.03. The number of nitrogens with one attached hydrogen (secondary N) is 2. The van der Waals surface area contributed by atoms with Crippen molar-refractivity contribution in [3.05, 3.63) is 54.1 Å². The fourth-order valence-electron chi connectivity index (χ4n) is 3.71. The molecule has 0 saturated heterocycles. The van der Waals surface area contributed by atoms with Crippen molar-refractivity contribution in [1.29, 1.82) is 0 Å². The number of carbonyl (C=O) groups is 3. The quantitative estimate of drug-likeness (QED) is 0.442. The van der Waals surface area contributed by atoms with Crippen molar-refractivity contribution >= 4 is 34.9 Å². The van der Waals surface area contributed by atoms with Gasteiger partial charge in [0.1, 0.15) is 0 Å². The number of carboxylic acids is 2. The van der Waals surface area contributed by atoms with Crippen LogP contribution in [0.1, 0.15) is 5.56 Å². The SMILES string of the molecule is NCC(=O)N1c2ccccc2CC1C1(C(=O)O)Nc2ccccc2N1.O.O=C(O)C(F)(F)F. The van der Waals surface area contributed by atoms with Crippen LogP contribution in [0.3, 0.4) is 0 Å². The van der Waals surface area contributed by atoms with Gasteiger partial charge in [-0.3, -0.25) is 4.79 Å². The Morgan fingerprint density at radius 1 is 1.03 bits per heavy atom. The van der Waals surface area contributed by atoms with Crippen LogP contribution in [0.4, 0.5) is 30.2 Å². The zero-order chi connectivity index (χ0) is 23.7. The standard InChI is InChI=1S/C18H18N4O3.C2HF3O2.H2O/c19-10-16(23)22-14-8-4-1-5-11(14)9-15(22)18(17(24)25)20-12-6-2-3-7-13(12)21-18;3-2(4,5)1(6)7;/h1-8,15,20-21H,9-10,19H2,(H,24,25);(H,6,7);1H2. The number of para-hydroxylation sites is 3. The number of hydrogen-bond donors (Lipinski definition) is 5. The van der Waals surface area contributed by atoms with E-state index in [4.69, 9.17) is 15.6 Å². The zero-order valence-corrected chi connectivity index (χ0v) is 16.9. The second kappa shape index (κ2) is 9.34. The number of benzene rings is 2. The lowest BCUT2D eigenvalue weighted by Gasteiger charge is -2.37. The third kappa shape index (κ3) is 4.68. The van der Waals surface area contributed by atoms with E-state index in [2.05, 4.69) is 10.6 Å². The minimum atomic E-state index is -5.08. The third-order valence-electron chi connectivity index (χ3n) is 5.09. The van der Waals surface area contributed by atoms with Gasteiger partial charge in [0, 0.05) is 12.1 Å². The molecule has 2 aliphatic rings. The molecule has 2 heterocycles. The largest absolute Gasteiger partial charge is 0.490 e. The minimum Gasteiger partial charge on any atom is -0.478 e. The number of aliphatic carboxylic acids is 2. The lowest BCUT2D eigenvalue weighted by molar-refractivity contribution is -0.192. The summed E-state index contributed by atoms with van der Waals surface area (Å²) < 4.78 is 31.7. The summed E-state index contributed by atoms with van der Waals surface area (Å²) in [6.07, 6.45) is -4.66. The van der Waals surface area contributed by atoms with Gasteiger partial charge in [0.2, 0.25) is 11.6 Å². The lowest BCUT2D eigenvalue weighted by Crippen LogP contribution is -2.65. The van der Waals surface area contributed by atoms with Crippen molar-refractivity contribution in [1.82, 2.24) is 0 Å². The first-order valence-corrected chi connectivity index (χ1v) is 9.30. The van der Waals surface area contributed by atoms with Gasteiger partial charge in [-0.05, 0) is 23.8 Å². The van der Waals surface area contributed by atoms with Gasteiger partial charge < -0.3 is 37.0 Å². The van der Waals surface area contributed by atoms with Gasteiger partial charge in [-0.2, -0.15) is 13.2 Å². The summed E-state index contributed by atoms with van der Waals surface area (Å²) in [4.78, 5) is 35.2. The van der Waals surface area contributed by atoms with E-state index in [0.29, 0.717) is 23.5 Å². The molecule has 8 N–H and O–H groups in total. The summed E-state index contributed by atoms with van der Waals surface area (Å²) in [6, 6.07) is 14.1. The van der Waals surface area contributed by atoms with Crippen molar-refractivity contribution in [2.45, 2.75) is 24.3 Å². The predicted octanol–water partition coefficient (Wildman–Crippen LogP) is 1.03. The Morgan fingerprint density at radius 2 is 1.52 bits per heavy atom. The van der Waals surface area contributed by atoms with Crippen LogP contribution in [0.5, 0.6) is 0 Å². The van der Waals surface area contributed by atoms with Crippen molar-refractivity contribution in [2.75, 3.05) is 22.1 Å². The molecule has 0 bridgehead atoms. The summed E-state index contributed by atoms with van der Waals surface area (Å²) in [5, 5.41) is 23.4. The Balaban J connectivity index is 0.000000423. The number of amides is 1. The monoisotopic (exact) mass is 470 g/mol. The molecule has 0 aliphatic carbocycles. The maximum absolute atomic E-state index is 12.5. The van der Waals surface area contributed by atoms with Crippen molar-refractivity contribution in [3.63, 3.8) is 0 Å². The molecule has 0 aromatic heterocycles. The Morgan fingerprint density at radius 3 is 1.97 bits per heavy atom. The van der Waals surface area contributed by atoms with E-state index in [-0.39, 0.29) is 17.9 Å². The molecule has 1 amide bonds. The van der Waals surface area contributed by atoms with E-state index in [0.717, 1.165) is 5.56 Å². The molecule has 1 atom stereocenters. The third-order valence-corrected chi connectivity index (χ3v) is 5.09. The summed E-state index contributed by atoms with van der Waals surface area (Å²) in [6.45, 7) is -0.187. The Bertz CT molecular complexity index is 1040. The van der Waals surface area contributed by atoms with Crippen LogP contribution in [0.25, 0.3) is 0 Å². The normalized spacial score (nSPS) is 17.2. The molecule has 2 aromatic carbocycles. The highest BCUT2D eigenvalue weighted by Crippen LogP contribution is 2.43. The zero-order valence-electron chi connectivity index (χ0n) is 16.9. The summed E-state index contributed by atoms with van der Waals surface area (Å²) in [5.41, 5.74) is 7.10. The average Bonchev–Trinajstić information content (AvgIpc) is 3.32. The van der Waals surface area contributed by atoms with Crippen LogP contribution in [-0.2, 0) is 20.8 Å². The van der Waals surface area contributed by atoms with Gasteiger partial charge in [-0.15, -0.1) is 0 Å². The molecule has 10 nitrogen and oxygen atoms in total. The van der Waals surface area contributed by atoms with Gasteiger partial charge in [0.25, 0.3) is 0 Å². The van der Waals surface area contributed by atoms with Crippen molar-refractivity contribution in [2.24, 2.45) is 5.73 Å². The van der Waals surface area contributed by atoms with Crippen LogP contribution in [0, 0.1) is 0 Å². The molecular weight excluding hydrogens is 449 g/mol. The molecule has 0 fully saturated rings. The van der Waals surface area contributed by atoms with E-state index >= 15 is 0 Å². The van der Waals surface area contributed by atoms with Crippen LogP contribution >= 0.6 is 0 Å². The van der Waals surface area contributed by atoms with Crippen molar-refractivity contribution in [3.8, 4) is 0 Å². The smallest absolute Gasteiger partial charge is 0.478 e. The molecule has 0 saturated carbocycles. The van der Waals surface area contributed by atoms with Crippen LogP contribution < -0.4 is 21.3 Å². The number of fused-ring (bicyclic) bond motifs is 2. The Hall–Kier alpha value is -3.84. The molecule has 13 heteroatoms. The highest BCUT2D eigenvalue weighted by molar-refractivity contribution is 6.02. The van der Waals surface area contributed by atoms with E-state index in [1.807, 2.05) is 48.5 Å². The molecule has 0 radical (unpaired) electrons. The second-order valence-corrected chi connectivity index (χ2v) is 7.03. The maximum Gasteiger partial charge on any atom is 0.490 e. The van der Waals surface area contributed by atoms with Crippen LogP contribution in [0.15, 0.2) is 48.5 Å². The van der Waals surface area contributed by atoms with Gasteiger partial charge in [0.05, 0.1) is 24.0 Å². The number of hydrogen-bond acceptors (Lipinski definition) is 6. The number of anilines is 3. The van der Waals surface area contributed by atoms with Crippen molar-refractivity contribution < 1.29 is 43.2 Å². The van der Waals surface area contributed by atoms with E-state index in [1.165, 1.54) is 4.90 Å². The fourth-order valence-corrected chi connectivity index (χ4v) is 3.71. The highest BCUT2D eigenvalue weighted by atomic mass is 19.4. The van der Waals surface area contributed by atoms with Gasteiger partial charge in [0.15, 0.2) is 0 Å². The number of nitrogens with two attached hydrogens (primary N) is 1. The average molecular weight is 470 g/mol. The van der Waals surface area contributed by atoms with Gasteiger partial charge in [-0.25, -0.2) is 9.59 Å². The van der Waals surface area contributed by atoms with E-state index < -0.39 is 29.8 Å². The highest BCUT2D eigenvalue weighted by Gasteiger charge is 2.56. The first kappa shape index (κ1) is 25.4. The predicted molar refractivity (Wildman–Crippen MR) is 112 cm³/mol. The van der Waals surface area contributed by atoms with Crippen LogP contribution in [0.2, 0.25) is 0 Å². The Labute approximate surface area is 185 Å². The molecular formula is C20H21F3N4O6. The maximum atomic E-state index is 12.5. The molecule has 1 unspecified atom stereocenters. The number of carbonyl (C=O) groups excluding carboxylic acids is 1. The number of alkyl halides is 3. The lowest BCUT2D eigenvalue weighted by atomic mass is 9.96. The fraction of sp³-hybridized carbons (Fsp3) is 0.250. The van der Waals surface area contributed by atoms with E-state index in [1.54, 1.807) is 0 Å². The van der Waals surface area contributed by atoms with Gasteiger partial charge in [-0.1, -0.05) is 30.3 Å². The molecule has 2 aromatic rings. The number of carboxylic acid groups (broad SMARTS) is 2. The Kier molecular flexibility index (Phi) is 7.19. The van der Waals surface area contributed by atoms with Crippen LogP contribution in [-0.4, -0.2) is 58.0 Å². The minimum absolute atomic E-state index is 0. The summed E-state index contributed by atoms with van der Waals surface area (Å²) in [7, 11) is 0. The van der Waals surface area contributed by atoms with E-state index in [9.17, 15) is 27.9 Å². The number of nitrogens with zero attached hydrogens (tertiary/aromatic N) is 1.